The van der Waals surface area contributed by atoms with Gasteiger partial charge in [0.15, 0.2) is 0 Å². The van der Waals surface area contributed by atoms with E-state index in [9.17, 15) is 4.79 Å². The molecular formula is C13H17NO3. The van der Waals surface area contributed by atoms with Crippen molar-refractivity contribution in [2.75, 3.05) is 20.8 Å². The molecule has 1 rings (SSSR count). The topological polar surface area (TPSA) is 47.9 Å². The second-order valence-corrected chi connectivity index (χ2v) is 3.49. The summed E-state index contributed by atoms with van der Waals surface area (Å²) in [5.41, 5.74) is 0.988. The molecule has 4 nitrogen and oxygen atoms in total. The molecule has 0 unspecified atom stereocenters. The lowest BCUT2D eigenvalue weighted by Gasteiger charge is -1.99. The Balaban J connectivity index is 2.35. The van der Waals surface area contributed by atoms with Crippen LogP contribution >= 0.6 is 0 Å². The van der Waals surface area contributed by atoms with Crippen molar-refractivity contribution in [2.45, 2.75) is 12.8 Å². The number of carbonyl (C=O) groups excluding carboxylic acids is 1. The minimum absolute atomic E-state index is 0.193. The molecule has 1 aromatic rings. The van der Waals surface area contributed by atoms with Gasteiger partial charge in [0.2, 0.25) is 0 Å². The third kappa shape index (κ3) is 5.15. The van der Waals surface area contributed by atoms with Crippen LogP contribution in [-0.4, -0.2) is 32.9 Å². The number of hydrogen-bond donors (Lipinski definition) is 0. The van der Waals surface area contributed by atoms with Gasteiger partial charge in [-0.25, -0.2) is 0 Å². The van der Waals surface area contributed by atoms with Crippen LogP contribution in [0.4, 0.5) is 0 Å². The Bertz CT molecular complexity index is 388. The summed E-state index contributed by atoms with van der Waals surface area (Å²) >= 11 is 0. The first kappa shape index (κ1) is 13.2. The Morgan fingerprint density at radius 3 is 2.94 bits per heavy atom. The van der Waals surface area contributed by atoms with E-state index in [0.29, 0.717) is 19.4 Å². The van der Waals surface area contributed by atoms with Gasteiger partial charge in [0, 0.05) is 19.2 Å². The van der Waals surface area contributed by atoms with Crippen molar-refractivity contribution in [1.29, 1.82) is 0 Å². The van der Waals surface area contributed by atoms with Gasteiger partial charge < -0.3 is 9.47 Å². The molecule has 0 saturated carbocycles. The molecule has 0 fully saturated rings. The number of esters is 1. The third-order valence-electron chi connectivity index (χ3n) is 2.23. The average molecular weight is 235 g/mol. The van der Waals surface area contributed by atoms with Crippen LogP contribution in [0.15, 0.2) is 29.3 Å². The third-order valence-corrected chi connectivity index (χ3v) is 2.23. The number of aliphatic imine (C=N–C) groups is 1. The van der Waals surface area contributed by atoms with Crippen LogP contribution in [0.1, 0.15) is 18.4 Å². The van der Waals surface area contributed by atoms with Crippen LogP contribution in [0, 0.1) is 0 Å². The van der Waals surface area contributed by atoms with Gasteiger partial charge in [-0.3, -0.25) is 9.79 Å². The Morgan fingerprint density at radius 2 is 2.24 bits per heavy atom. The Hall–Kier alpha value is -1.84. The van der Waals surface area contributed by atoms with E-state index in [0.717, 1.165) is 11.3 Å². The van der Waals surface area contributed by atoms with Crippen LogP contribution in [0.3, 0.4) is 0 Å². The molecule has 0 saturated heterocycles. The summed E-state index contributed by atoms with van der Waals surface area (Å²) in [6.45, 7) is 0.617. The van der Waals surface area contributed by atoms with Crippen molar-refractivity contribution in [1.82, 2.24) is 0 Å². The van der Waals surface area contributed by atoms with Crippen molar-refractivity contribution in [3.63, 3.8) is 0 Å². The van der Waals surface area contributed by atoms with E-state index < -0.39 is 0 Å². The summed E-state index contributed by atoms with van der Waals surface area (Å²) < 4.78 is 9.64. The van der Waals surface area contributed by atoms with Gasteiger partial charge in [-0.15, -0.1) is 0 Å². The number of carbonyl (C=O) groups is 1. The molecule has 0 bridgehead atoms. The summed E-state index contributed by atoms with van der Waals surface area (Å²) in [6.07, 6.45) is 2.89. The van der Waals surface area contributed by atoms with Crippen molar-refractivity contribution in [3.8, 4) is 5.75 Å². The Kier molecular flexibility index (Phi) is 5.79. The second kappa shape index (κ2) is 7.44. The maximum absolute atomic E-state index is 10.8. The lowest BCUT2D eigenvalue weighted by molar-refractivity contribution is -0.140. The van der Waals surface area contributed by atoms with Gasteiger partial charge in [-0.05, 0) is 24.1 Å². The number of hydrogen-bond acceptors (Lipinski definition) is 4. The van der Waals surface area contributed by atoms with E-state index in [1.54, 1.807) is 13.3 Å². The van der Waals surface area contributed by atoms with E-state index in [-0.39, 0.29) is 5.97 Å². The van der Waals surface area contributed by atoms with E-state index in [2.05, 4.69) is 9.73 Å². The number of nitrogens with zero attached hydrogens (tertiary/aromatic N) is 1. The van der Waals surface area contributed by atoms with Crippen molar-refractivity contribution in [3.05, 3.63) is 29.8 Å². The fraction of sp³-hybridized carbons (Fsp3) is 0.385. The Morgan fingerprint density at radius 1 is 1.41 bits per heavy atom. The molecule has 0 heterocycles. The molecule has 17 heavy (non-hydrogen) atoms. The van der Waals surface area contributed by atoms with E-state index in [4.69, 9.17) is 4.74 Å². The molecule has 4 heteroatoms. The fourth-order valence-electron chi connectivity index (χ4n) is 1.31. The number of ether oxygens (including phenoxy) is 2. The highest BCUT2D eigenvalue weighted by Gasteiger charge is 1.97. The van der Waals surface area contributed by atoms with Gasteiger partial charge in [-0.2, -0.15) is 0 Å². The summed E-state index contributed by atoms with van der Waals surface area (Å²) in [5, 5.41) is 0. The zero-order chi connectivity index (χ0) is 12.5. The highest BCUT2D eigenvalue weighted by molar-refractivity contribution is 5.80. The predicted molar refractivity (Wildman–Crippen MR) is 66.7 cm³/mol. The predicted octanol–water partition coefficient (Wildman–Crippen LogP) is 2.07. The fourth-order valence-corrected chi connectivity index (χ4v) is 1.31. The molecule has 0 N–H and O–H groups in total. The summed E-state index contributed by atoms with van der Waals surface area (Å²) in [6, 6.07) is 7.65. The highest BCUT2D eigenvalue weighted by atomic mass is 16.5. The lowest BCUT2D eigenvalue weighted by atomic mass is 10.2. The average Bonchev–Trinajstić information content (AvgIpc) is 2.38. The maximum Gasteiger partial charge on any atom is 0.305 e. The van der Waals surface area contributed by atoms with Crippen LogP contribution in [0.25, 0.3) is 0 Å². The standard InChI is InChI=1S/C13H17NO3/c1-16-12-6-3-5-11(9-12)10-14-8-4-7-13(15)17-2/h3,5-6,9-10H,4,7-8H2,1-2H3. The largest absolute Gasteiger partial charge is 0.497 e. The number of rotatable bonds is 6. The number of benzene rings is 1. The lowest BCUT2D eigenvalue weighted by Crippen LogP contribution is -2.00. The van der Waals surface area contributed by atoms with Gasteiger partial charge >= 0.3 is 5.97 Å². The molecule has 92 valence electrons. The van der Waals surface area contributed by atoms with Crippen LogP contribution in [-0.2, 0) is 9.53 Å². The zero-order valence-corrected chi connectivity index (χ0v) is 10.2. The number of methoxy groups -OCH3 is 2. The first-order chi connectivity index (χ1) is 8.26. The van der Waals surface area contributed by atoms with E-state index in [1.807, 2.05) is 24.3 Å². The smallest absolute Gasteiger partial charge is 0.305 e. The first-order valence-electron chi connectivity index (χ1n) is 5.47. The van der Waals surface area contributed by atoms with Gasteiger partial charge in [0.25, 0.3) is 0 Å². The molecule has 0 amide bonds. The monoisotopic (exact) mass is 235 g/mol. The molecule has 0 aliphatic rings. The van der Waals surface area contributed by atoms with Crippen LogP contribution in [0.5, 0.6) is 5.75 Å². The molecule has 0 aromatic heterocycles. The summed E-state index contributed by atoms with van der Waals surface area (Å²) in [7, 11) is 3.02. The van der Waals surface area contributed by atoms with Crippen molar-refractivity contribution < 1.29 is 14.3 Å². The Labute approximate surface area is 101 Å². The first-order valence-corrected chi connectivity index (χ1v) is 5.47. The molecule has 0 radical (unpaired) electrons. The zero-order valence-electron chi connectivity index (χ0n) is 10.2. The SMILES string of the molecule is COC(=O)CCCN=Cc1cccc(OC)c1. The molecule has 0 atom stereocenters. The van der Waals surface area contributed by atoms with E-state index >= 15 is 0 Å². The minimum Gasteiger partial charge on any atom is -0.497 e. The minimum atomic E-state index is -0.193. The maximum atomic E-state index is 10.8. The van der Waals surface area contributed by atoms with Crippen molar-refractivity contribution in [2.24, 2.45) is 4.99 Å². The molecule has 0 aliphatic carbocycles. The van der Waals surface area contributed by atoms with E-state index in [1.165, 1.54) is 7.11 Å². The highest BCUT2D eigenvalue weighted by Crippen LogP contribution is 2.10. The van der Waals surface area contributed by atoms with Gasteiger partial charge in [-0.1, -0.05) is 12.1 Å². The van der Waals surface area contributed by atoms with Crippen molar-refractivity contribution >= 4 is 12.2 Å². The second-order valence-electron chi connectivity index (χ2n) is 3.49. The summed E-state index contributed by atoms with van der Waals surface area (Å²) in [5.74, 6) is 0.616. The van der Waals surface area contributed by atoms with Gasteiger partial charge in [0.1, 0.15) is 5.75 Å². The normalized spacial score (nSPS) is 10.5. The molecule has 0 aliphatic heterocycles. The van der Waals surface area contributed by atoms with Crippen LogP contribution in [0.2, 0.25) is 0 Å². The van der Waals surface area contributed by atoms with Gasteiger partial charge in [0.05, 0.1) is 14.2 Å². The molecule has 0 spiro atoms. The van der Waals surface area contributed by atoms with Crippen LogP contribution < -0.4 is 4.74 Å². The molecular weight excluding hydrogens is 218 g/mol. The quantitative estimate of drug-likeness (QED) is 0.431. The molecule has 1 aromatic carbocycles. The summed E-state index contributed by atoms with van der Waals surface area (Å²) in [4.78, 5) is 15.1.